The van der Waals surface area contributed by atoms with Crippen LogP contribution in [0.5, 0.6) is 0 Å². The highest BCUT2D eigenvalue weighted by molar-refractivity contribution is 6.33. The summed E-state index contributed by atoms with van der Waals surface area (Å²) in [4.78, 5) is 47.5. The Morgan fingerprint density at radius 1 is 1.16 bits per heavy atom. The van der Waals surface area contributed by atoms with Gasteiger partial charge in [-0.15, -0.1) is 0 Å². The molecule has 1 saturated heterocycles. The molecule has 31 heavy (non-hydrogen) atoms. The number of aromatic nitrogens is 4. The van der Waals surface area contributed by atoms with E-state index in [1.54, 1.807) is 4.57 Å². The van der Waals surface area contributed by atoms with Crippen LogP contribution in [0, 0.1) is 5.92 Å². The summed E-state index contributed by atoms with van der Waals surface area (Å²) in [5, 5.41) is 0.161. The molecule has 1 aliphatic heterocycles. The van der Waals surface area contributed by atoms with Gasteiger partial charge in [0.1, 0.15) is 17.4 Å². The van der Waals surface area contributed by atoms with Crippen molar-refractivity contribution in [3.8, 4) is 0 Å². The third kappa shape index (κ3) is 3.72. The predicted octanol–water partition coefficient (Wildman–Crippen LogP) is 1.58. The zero-order valence-electron chi connectivity index (χ0n) is 17.1. The Morgan fingerprint density at radius 3 is 2.52 bits per heavy atom. The number of fused-ring (bicyclic) bond motifs is 1. The number of halogens is 1. The molecule has 0 N–H and O–H groups in total. The highest BCUT2D eigenvalue weighted by Crippen LogP contribution is 2.55. The van der Waals surface area contributed by atoms with Gasteiger partial charge in [0, 0.05) is 26.7 Å². The summed E-state index contributed by atoms with van der Waals surface area (Å²) >= 11 is 6.11. The van der Waals surface area contributed by atoms with Gasteiger partial charge in [0.2, 0.25) is 0 Å². The molecule has 2 aromatic rings. The Kier molecular flexibility index (Phi) is 5.56. The number of rotatable bonds is 5. The number of esters is 3. The van der Waals surface area contributed by atoms with Gasteiger partial charge in [-0.2, -0.15) is 0 Å². The first-order valence-corrected chi connectivity index (χ1v) is 10.1. The maximum atomic E-state index is 11.9. The quantitative estimate of drug-likeness (QED) is 0.374. The lowest BCUT2D eigenvalue weighted by molar-refractivity contribution is -0.209. The molecule has 2 fully saturated rings. The summed E-state index contributed by atoms with van der Waals surface area (Å²) in [7, 11) is 0. The van der Waals surface area contributed by atoms with Crippen molar-refractivity contribution in [2.75, 3.05) is 6.61 Å². The zero-order valence-corrected chi connectivity index (χ0v) is 17.9. The van der Waals surface area contributed by atoms with Crippen LogP contribution in [0.2, 0.25) is 5.15 Å². The molecule has 1 aliphatic carbocycles. The number of hydrogen-bond donors (Lipinski definition) is 0. The fourth-order valence-electron chi connectivity index (χ4n) is 4.27. The minimum atomic E-state index is -1.00. The van der Waals surface area contributed by atoms with Crippen molar-refractivity contribution in [3.63, 3.8) is 0 Å². The van der Waals surface area contributed by atoms with E-state index in [2.05, 4.69) is 15.0 Å². The molecular formula is C19H21ClN4O7. The average molecular weight is 453 g/mol. The average Bonchev–Trinajstić information content (AvgIpc) is 3.22. The highest BCUT2D eigenvalue weighted by Gasteiger charge is 2.67. The van der Waals surface area contributed by atoms with Crippen molar-refractivity contribution in [2.24, 2.45) is 5.92 Å². The number of ether oxygens (including phenoxy) is 4. The monoisotopic (exact) mass is 452 g/mol. The van der Waals surface area contributed by atoms with E-state index in [0.717, 1.165) is 0 Å². The Morgan fingerprint density at radius 2 is 1.90 bits per heavy atom. The van der Waals surface area contributed by atoms with Crippen molar-refractivity contribution < 1.29 is 33.3 Å². The number of carbonyl (C=O) groups is 3. The van der Waals surface area contributed by atoms with E-state index in [-0.39, 0.29) is 17.7 Å². The Bertz CT molecular complexity index is 1040. The summed E-state index contributed by atoms with van der Waals surface area (Å²) < 4.78 is 24.4. The molecule has 1 spiro atoms. The first kappa shape index (κ1) is 21.4. The van der Waals surface area contributed by atoms with Gasteiger partial charge in [-0.25, -0.2) is 15.0 Å². The molecule has 5 atom stereocenters. The second kappa shape index (κ2) is 8.04. The van der Waals surface area contributed by atoms with E-state index in [0.29, 0.717) is 24.0 Å². The Balaban J connectivity index is 1.77. The maximum Gasteiger partial charge on any atom is 0.303 e. The molecule has 166 valence electrons. The van der Waals surface area contributed by atoms with Crippen molar-refractivity contribution in [2.45, 2.75) is 57.6 Å². The molecule has 0 aromatic carbocycles. The maximum absolute atomic E-state index is 11.9. The van der Waals surface area contributed by atoms with Crippen LogP contribution in [0.15, 0.2) is 12.7 Å². The number of imidazole rings is 1. The molecule has 0 bridgehead atoms. The van der Waals surface area contributed by atoms with Gasteiger partial charge >= 0.3 is 17.9 Å². The molecule has 12 heteroatoms. The molecule has 1 saturated carbocycles. The van der Waals surface area contributed by atoms with E-state index in [1.807, 2.05) is 0 Å². The van der Waals surface area contributed by atoms with Crippen LogP contribution in [0.3, 0.4) is 0 Å². The fourth-order valence-corrected chi connectivity index (χ4v) is 4.45. The molecule has 11 nitrogen and oxygen atoms in total. The second-order valence-corrected chi connectivity index (χ2v) is 7.95. The van der Waals surface area contributed by atoms with Crippen LogP contribution in [0.1, 0.15) is 39.8 Å². The SMILES string of the molecule is CC(=O)OC[C@@H]1CC[C@@]12OC(n1cnc3c(Cl)ncnc31)C(OC(C)=O)C2OC(C)=O. The number of hydrogen-bond acceptors (Lipinski definition) is 10. The van der Waals surface area contributed by atoms with E-state index in [1.165, 1.54) is 33.4 Å². The van der Waals surface area contributed by atoms with Gasteiger partial charge in [0.05, 0.1) is 12.9 Å². The third-order valence-electron chi connectivity index (χ3n) is 5.65. The summed E-state index contributed by atoms with van der Waals surface area (Å²) in [6, 6.07) is 0. The smallest absolute Gasteiger partial charge is 0.303 e. The van der Waals surface area contributed by atoms with Crippen molar-refractivity contribution in [3.05, 3.63) is 17.8 Å². The standard InChI is InChI=1S/C19H21ClN4O7/c1-9(25)28-6-12-4-5-19(12)15(30-11(3)27)14(29-10(2)26)18(31-19)24-8-23-13-16(20)21-7-22-17(13)24/h7-8,12,14-15,18H,4-6H2,1-3H3/t12-,14?,15?,18?,19+/m0/s1. The highest BCUT2D eigenvalue weighted by atomic mass is 35.5. The number of nitrogens with zero attached hydrogens (tertiary/aromatic N) is 4. The largest absolute Gasteiger partial charge is 0.465 e. The fraction of sp³-hybridized carbons (Fsp3) is 0.579. The van der Waals surface area contributed by atoms with Crippen LogP contribution in [-0.2, 0) is 33.3 Å². The molecular weight excluding hydrogens is 432 g/mol. The lowest BCUT2D eigenvalue weighted by Gasteiger charge is -2.48. The summed E-state index contributed by atoms with van der Waals surface area (Å²) in [5.41, 5.74) is -0.277. The first-order chi connectivity index (χ1) is 14.7. The van der Waals surface area contributed by atoms with Gasteiger partial charge in [0.25, 0.3) is 0 Å². The Labute approximate surface area is 182 Å². The van der Waals surface area contributed by atoms with Crippen LogP contribution in [0.4, 0.5) is 0 Å². The summed E-state index contributed by atoms with van der Waals surface area (Å²) in [5.74, 6) is -1.80. The minimum Gasteiger partial charge on any atom is -0.465 e. The van der Waals surface area contributed by atoms with Crippen molar-refractivity contribution in [1.29, 1.82) is 0 Å². The molecule has 3 heterocycles. The summed E-state index contributed by atoms with van der Waals surface area (Å²) in [6.45, 7) is 3.93. The van der Waals surface area contributed by atoms with Gasteiger partial charge in [-0.1, -0.05) is 11.6 Å². The van der Waals surface area contributed by atoms with Crippen molar-refractivity contribution in [1.82, 2.24) is 19.5 Å². The topological polar surface area (TPSA) is 132 Å². The first-order valence-electron chi connectivity index (χ1n) is 9.71. The van der Waals surface area contributed by atoms with Crippen LogP contribution in [-0.4, -0.2) is 61.8 Å². The van der Waals surface area contributed by atoms with Gasteiger partial charge in [-0.3, -0.25) is 19.0 Å². The molecule has 3 unspecified atom stereocenters. The molecule has 2 aromatic heterocycles. The zero-order chi connectivity index (χ0) is 22.3. The molecule has 2 aliphatic rings. The normalized spacial score (nSPS) is 29.5. The Hall–Kier alpha value is -2.79. The van der Waals surface area contributed by atoms with Gasteiger partial charge in [0.15, 0.2) is 29.2 Å². The third-order valence-corrected chi connectivity index (χ3v) is 5.92. The summed E-state index contributed by atoms with van der Waals surface area (Å²) in [6.07, 6.45) is 1.15. The molecule has 0 radical (unpaired) electrons. The lowest BCUT2D eigenvalue weighted by Crippen LogP contribution is -2.59. The van der Waals surface area contributed by atoms with Crippen molar-refractivity contribution >= 4 is 40.7 Å². The van der Waals surface area contributed by atoms with E-state index in [9.17, 15) is 14.4 Å². The number of carbonyl (C=O) groups excluding carboxylic acids is 3. The minimum absolute atomic E-state index is 0.0886. The molecule has 4 rings (SSSR count). The van der Waals surface area contributed by atoms with E-state index >= 15 is 0 Å². The lowest BCUT2D eigenvalue weighted by atomic mass is 9.66. The predicted molar refractivity (Wildman–Crippen MR) is 104 cm³/mol. The van der Waals surface area contributed by atoms with Crippen LogP contribution >= 0.6 is 11.6 Å². The second-order valence-electron chi connectivity index (χ2n) is 7.59. The van der Waals surface area contributed by atoms with E-state index < -0.39 is 41.9 Å². The van der Waals surface area contributed by atoms with Crippen LogP contribution < -0.4 is 0 Å². The van der Waals surface area contributed by atoms with Gasteiger partial charge in [-0.05, 0) is 12.8 Å². The van der Waals surface area contributed by atoms with E-state index in [4.69, 9.17) is 30.5 Å². The van der Waals surface area contributed by atoms with Gasteiger partial charge < -0.3 is 18.9 Å². The van der Waals surface area contributed by atoms with Crippen LogP contribution in [0.25, 0.3) is 11.2 Å². The molecule has 0 amide bonds.